The van der Waals surface area contributed by atoms with Gasteiger partial charge < -0.3 is 10.2 Å². The minimum absolute atomic E-state index is 0.0799. The molecule has 0 aliphatic carbocycles. The SMILES string of the molecule is CNCC(C)C(=O)N1CCN(S(=O)(=O)N(C)C)CC1. The summed E-state index contributed by atoms with van der Waals surface area (Å²) in [6.07, 6.45) is 0. The Labute approximate surface area is 115 Å². The van der Waals surface area contributed by atoms with Crippen molar-refractivity contribution in [3.05, 3.63) is 0 Å². The Balaban J connectivity index is 2.56. The van der Waals surface area contributed by atoms with E-state index in [1.165, 1.54) is 22.7 Å². The highest BCUT2D eigenvalue weighted by Crippen LogP contribution is 2.11. The summed E-state index contributed by atoms with van der Waals surface area (Å²) in [4.78, 5) is 13.8. The molecule has 0 radical (unpaired) electrons. The third kappa shape index (κ3) is 3.88. The maximum atomic E-state index is 12.1. The normalized spacial score (nSPS) is 19.7. The van der Waals surface area contributed by atoms with Crippen LogP contribution in [0.15, 0.2) is 0 Å². The second-order valence-electron chi connectivity index (χ2n) is 4.97. The highest BCUT2D eigenvalue weighted by Gasteiger charge is 2.31. The predicted molar refractivity (Wildman–Crippen MR) is 73.9 cm³/mol. The van der Waals surface area contributed by atoms with E-state index in [2.05, 4.69) is 5.32 Å². The van der Waals surface area contributed by atoms with Crippen LogP contribution in [-0.4, -0.2) is 81.7 Å². The van der Waals surface area contributed by atoms with Crippen molar-refractivity contribution in [3.63, 3.8) is 0 Å². The fraction of sp³-hybridized carbons (Fsp3) is 0.909. The number of hydrogen-bond donors (Lipinski definition) is 1. The number of amides is 1. The van der Waals surface area contributed by atoms with Crippen molar-refractivity contribution in [1.29, 1.82) is 0 Å². The van der Waals surface area contributed by atoms with Crippen molar-refractivity contribution in [2.24, 2.45) is 5.92 Å². The van der Waals surface area contributed by atoms with E-state index in [-0.39, 0.29) is 11.8 Å². The Hall–Kier alpha value is -0.700. The Kier molecular flexibility index (Phi) is 5.72. The van der Waals surface area contributed by atoms with Crippen molar-refractivity contribution in [2.75, 3.05) is 53.9 Å². The van der Waals surface area contributed by atoms with Crippen LogP contribution in [0.3, 0.4) is 0 Å². The molecule has 0 bridgehead atoms. The molecule has 7 nitrogen and oxygen atoms in total. The van der Waals surface area contributed by atoms with E-state index >= 15 is 0 Å². The van der Waals surface area contributed by atoms with Gasteiger partial charge in [-0.15, -0.1) is 0 Å². The zero-order valence-electron chi connectivity index (χ0n) is 12.1. The standard InChI is InChI=1S/C11H24N4O3S/c1-10(9-12-2)11(16)14-5-7-15(8-6-14)19(17,18)13(3)4/h10,12H,5-9H2,1-4H3. The van der Waals surface area contributed by atoms with Crippen LogP contribution in [-0.2, 0) is 15.0 Å². The van der Waals surface area contributed by atoms with Crippen LogP contribution in [0.4, 0.5) is 0 Å². The second-order valence-corrected chi connectivity index (χ2v) is 7.12. The molecule has 1 aliphatic heterocycles. The summed E-state index contributed by atoms with van der Waals surface area (Å²) in [5.41, 5.74) is 0. The van der Waals surface area contributed by atoms with E-state index in [1.54, 1.807) is 4.90 Å². The van der Waals surface area contributed by atoms with Gasteiger partial charge >= 0.3 is 0 Å². The third-order valence-electron chi connectivity index (χ3n) is 3.27. The van der Waals surface area contributed by atoms with Gasteiger partial charge in [0.25, 0.3) is 10.2 Å². The molecule has 1 fully saturated rings. The molecule has 0 aromatic heterocycles. The Morgan fingerprint density at radius 1 is 1.26 bits per heavy atom. The lowest BCUT2D eigenvalue weighted by Gasteiger charge is -2.36. The second kappa shape index (κ2) is 6.65. The van der Waals surface area contributed by atoms with Crippen LogP contribution in [0, 0.1) is 5.92 Å². The molecule has 0 saturated carbocycles. The van der Waals surface area contributed by atoms with Crippen LogP contribution in [0.25, 0.3) is 0 Å². The molecule has 0 aromatic carbocycles. The van der Waals surface area contributed by atoms with Gasteiger partial charge in [-0.05, 0) is 7.05 Å². The van der Waals surface area contributed by atoms with Crippen molar-refractivity contribution < 1.29 is 13.2 Å². The largest absolute Gasteiger partial charge is 0.340 e. The van der Waals surface area contributed by atoms with Crippen molar-refractivity contribution in [2.45, 2.75) is 6.92 Å². The summed E-state index contributed by atoms with van der Waals surface area (Å²) in [7, 11) is 1.48. The van der Waals surface area contributed by atoms with E-state index in [9.17, 15) is 13.2 Å². The highest BCUT2D eigenvalue weighted by molar-refractivity contribution is 7.86. The minimum Gasteiger partial charge on any atom is -0.340 e. The molecule has 1 unspecified atom stereocenters. The number of carbonyl (C=O) groups excluding carboxylic acids is 1. The van der Waals surface area contributed by atoms with Crippen molar-refractivity contribution >= 4 is 16.1 Å². The first-order valence-electron chi connectivity index (χ1n) is 6.41. The zero-order valence-corrected chi connectivity index (χ0v) is 12.9. The van der Waals surface area contributed by atoms with Gasteiger partial charge in [-0.25, -0.2) is 0 Å². The first kappa shape index (κ1) is 16.4. The molecule has 1 heterocycles. The summed E-state index contributed by atoms with van der Waals surface area (Å²) < 4.78 is 26.5. The first-order chi connectivity index (χ1) is 8.80. The summed E-state index contributed by atoms with van der Waals surface area (Å²) in [6.45, 7) is 4.15. The number of rotatable bonds is 5. The molecule has 112 valence electrons. The monoisotopic (exact) mass is 292 g/mol. The summed E-state index contributed by atoms with van der Waals surface area (Å²) in [5.74, 6) is -0.00161. The quantitative estimate of drug-likeness (QED) is 0.690. The van der Waals surface area contributed by atoms with Crippen LogP contribution in [0.5, 0.6) is 0 Å². The topological polar surface area (TPSA) is 73.0 Å². The van der Waals surface area contributed by atoms with Gasteiger partial charge in [0, 0.05) is 52.7 Å². The van der Waals surface area contributed by atoms with Gasteiger partial charge in [-0.3, -0.25) is 4.79 Å². The number of piperazine rings is 1. The molecule has 8 heteroatoms. The van der Waals surface area contributed by atoms with Crippen LogP contribution in [0.1, 0.15) is 6.92 Å². The summed E-state index contributed by atoms with van der Waals surface area (Å²) >= 11 is 0. The summed E-state index contributed by atoms with van der Waals surface area (Å²) in [6, 6.07) is 0. The van der Waals surface area contributed by atoms with Crippen LogP contribution in [0.2, 0.25) is 0 Å². The molecule has 0 spiro atoms. The fourth-order valence-corrected chi connectivity index (χ4v) is 3.16. The molecule has 1 N–H and O–H groups in total. The van der Waals surface area contributed by atoms with Gasteiger partial charge in [-0.1, -0.05) is 6.92 Å². The predicted octanol–water partition coefficient (Wildman–Crippen LogP) is -1.21. The van der Waals surface area contributed by atoms with Crippen molar-refractivity contribution in [3.8, 4) is 0 Å². The maximum absolute atomic E-state index is 12.1. The lowest BCUT2D eigenvalue weighted by molar-refractivity contribution is -0.136. The van der Waals surface area contributed by atoms with Gasteiger partial charge in [0.05, 0.1) is 0 Å². The highest BCUT2D eigenvalue weighted by atomic mass is 32.2. The fourth-order valence-electron chi connectivity index (χ4n) is 2.08. The number of carbonyl (C=O) groups is 1. The summed E-state index contributed by atoms with van der Waals surface area (Å²) in [5, 5.41) is 2.97. The molecule has 1 rings (SSSR count). The van der Waals surface area contributed by atoms with Gasteiger partial charge in [-0.2, -0.15) is 17.0 Å². The lowest BCUT2D eigenvalue weighted by atomic mass is 10.1. The molecule has 19 heavy (non-hydrogen) atoms. The molecule has 1 amide bonds. The van der Waals surface area contributed by atoms with E-state index in [0.29, 0.717) is 32.7 Å². The molecule has 0 aromatic rings. The average Bonchev–Trinajstić information content (AvgIpc) is 2.38. The Bertz CT molecular complexity index is 402. The lowest BCUT2D eigenvalue weighted by Crippen LogP contribution is -2.54. The molecular formula is C11H24N4O3S. The van der Waals surface area contributed by atoms with Crippen LogP contribution >= 0.6 is 0 Å². The molecule has 1 aliphatic rings. The van der Waals surface area contributed by atoms with E-state index < -0.39 is 10.2 Å². The van der Waals surface area contributed by atoms with E-state index in [0.717, 1.165) is 0 Å². The van der Waals surface area contributed by atoms with Crippen molar-refractivity contribution in [1.82, 2.24) is 18.8 Å². The Morgan fingerprint density at radius 2 is 1.79 bits per heavy atom. The molecule has 1 atom stereocenters. The molecule has 1 saturated heterocycles. The van der Waals surface area contributed by atoms with Gasteiger partial charge in [0.15, 0.2) is 0 Å². The van der Waals surface area contributed by atoms with E-state index in [1.807, 2.05) is 14.0 Å². The average molecular weight is 292 g/mol. The number of nitrogens with one attached hydrogen (secondary N) is 1. The zero-order chi connectivity index (χ0) is 14.6. The van der Waals surface area contributed by atoms with Crippen LogP contribution < -0.4 is 5.32 Å². The first-order valence-corrected chi connectivity index (χ1v) is 7.81. The maximum Gasteiger partial charge on any atom is 0.281 e. The van der Waals surface area contributed by atoms with Gasteiger partial charge in [0.2, 0.25) is 5.91 Å². The molecular weight excluding hydrogens is 268 g/mol. The van der Waals surface area contributed by atoms with Gasteiger partial charge in [0.1, 0.15) is 0 Å². The number of hydrogen-bond acceptors (Lipinski definition) is 4. The number of nitrogens with zero attached hydrogens (tertiary/aromatic N) is 3. The minimum atomic E-state index is -3.36. The Morgan fingerprint density at radius 3 is 2.21 bits per heavy atom. The smallest absolute Gasteiger partial charge is 0.281 e. The third-order valence-corrected chi connectivity index (χ3v) is 5.21. The van der Waals surface area contributed by atoms with E-state index in [4.69, 9.17) is 0 Å².